The fraction of sp³-hybridized carbons (Fsp3) is 0.280. The Morgan fingerprint density at radius 3 is 2.79 bits per heavy atom. The minimum atomic E-state index is -0.312. The Bertz CT molecular complexity index is 1290. The molecular formula is C25H23N7O. The molecule has 0 unspecified atom stereocenters. The highest BCUT2D eigenvalue weighted by Crippen LogP contribution is 2.39. The van der Waals surface area contributed by atoms with Gasteiger partial charge in [-0.25, -0.2) is 9.98 Å². The molecule has 8 heteroatoms. The predicted molar refractivity (Wildman–Crippen MR) is 124 cm³/mol. The van der Waals surface area contributed by atoms with E-state index < -0.39 is 0 Å². The number of carbonyl (C=O) groups excluding carboxylic acids is 1. The third-order valence-corrected chi connectivity index (χ3v) is 6.01. The second kappa shape index (κ2) is 8.20. The van der Waals surface area contributed by atoms with Crippen LogP contribution in [0.25, 0.3) is 17.0 Å². The molecule has 1 aliphatic heterocycles. The number of rotatable bonds is 5. The van der Waals surface area contributed by atoms with Crippen LogP contribution in [0.2, 0.25) is 0 Å². The average Bonchev–Trinajstić information content (AvgIpc) is 3.78. The van der Waals surface area contributed by atoms with Gasteiger partial charge in [0.05, 0.1) is 5.69 Å². The molecule has 2 fully saturated rings. The summed E-state index contributed by atoms with van der Waals surface area (Å²) in [5, 5.41) is 11.2. The van der Waals surface area contributed by atoms with E-state index in [9.17, 15) is 4.79 Å². The summed E-state index contributed by atoms with van der Waals surface area (Å²) in [7, 11) is 0. The summed E-state index contributed by atoms with van der Waals surface area (Å²) in [6.07, 6.45) is 14.7. The number of amides is 1. The molecule has 3 aromatic rings. The summed E-state index contributed by atoms with van der Waals surface area (Å²) >= 11 is 0. The normalized spacial score (nSPS) is 17.8. The van der Waals surface area contributed by atoms with Crippen LogP contribution in [-0.4, -0.2) is 36.5 Å². The van der Waals surface area contributed by atoms with Crippen molar-refractivity contribution in [3.8, 4) is 11.3 Å². The zero-order valence-electron chi connectivity index (χ0n) is 18.1. The van der Waals surface area contributed by atoms with Gasteiger partial charge >= 0.3 is 0 Å². The molecule has 33 heavy (non-hydrogen) atoms. The first-order valence-corrected chi connectivity index (χ1v) is 11.3. The molecule has 2 saturated carbocycles. The van der Waals surface area contributed by atoms with Crippen LogP contribution < -0.4 is 5.32 Å². The van der Waals surface area contributed by atoms with Gasteiger partial charge in [0.25, 0.3) is 5.91 Å². The van der Waals surface area contributed by atoms with Gasteiger partial charge in [-0.2, -0.15) is 0 Å². The van der Waals surface area contributed by atoms with Crippen LogP contribution in [0, 0.1) is 0 Å². The van der Waals surface area contributed by atoms with E-state index in [4.69, 9.17) is 0 Å². The molecule has 3 aliphatic rings. The quantitative estimate of drug-likeness (QED) is 0.649. The topological polar surface area (TPSA) is 98.0 Å². The molecule has 3 aromatic heterocycles. The Kier molecular flexibility index (Phi) is 4.90. The Morgan fingerprint density at radius 2 is 2.00 bits per heavy atom. The fourth-order valence-electron chi connectivity index (χ4n) is 3.91. The molecule has 164 valence electrons. The Labute approximate surface area is 191 Å². The van der Waals surface area contributed by atoms with Gasteiger partial charge in [-0.15, -0.1) is 10.2 Å². The van der Waals surface area contributed by atoms with Crippen molar-refractivity contribution < 1.29 is 4.79 Å². The van der Waals surface area contributed by atoms with Gasteiger partial charge in [0.1, 0.15) is 23.6 Å². The molecule has 0 radical (unpaired) electrons. The Hall–Kier alpha value is -3.94. The van der Waals surface area contributed by atoms with Crippen LogP contribution in [-0.2, 0) is 0 Å². The van der Waals surface area contributed by atoms with Gasteiger partial charge in [-0.3, -0.25) is 9.78 Å². The fourth-order valence-corrected chi connectivity index (χ4v) is 3.91. The van der Waals surface area contributed by atoms with Crippen molar-refractivity contribution in [2.24, 2.45) is 4.99 Å². The standard InChI is InChI=1S/C25H23N7O/c33-25(22-6-3-5-20(28-22)17-10-13-19(26-14-17)16-8-9-16)30-23-7-2-1-4-21(29-23)24-31-27-15-32(24)18-11-12-18/h2-7,10,13-16,18H,1,8-9,11-12H2,(H,29,30,33). The minimum absolute atomic E-state index is 0.312. The maximum atomic E-state index is 13.0. The first kappa shape index (κ1) is 19.7. The number of aliphatic imine (C=N–C) groups is 1. The van der Waals surface area contributed by atoms with E-state index in [1.54, 1.807) is 12.4 Å². The molecule has 6 rings (SSSR count). The van der Waals surface area contributed by atoms with Crippen molar-refractivity contribution in [1.82, 2.24) is 30.0 Å². The maximum Gasteiger partial charge on any atom is 0.275 e. The number of nitrogens with one attached hydrogen (secondary N) is 1. The smallest absolute Gasteiger partial charge is 0.275 e. The number of nitrogens with zero attached hydrogens (tertiary/aromatic N) is 6. The third-order valence-electron chi connectivity index (χ3n) is 6.01. The summed E-state index contributed by atoms with van der Waals surface area (Å²) in [6, 6.07) is 9.95. The minimum Gasteiger partial charge on any atom is -0.309 e. The number of amidine groups is 1. The van der Waals surface area contributed by atoms with E-state index in [1.807, 2.05) is 42.6 Å². The zero-order valence-corrected chi connectivity index (χ0v) is 18.1. The molecule has 0 spiro atoms. The van der Waals surface area contributed by atoms with Crippen LogP contribution in [0.5, 0.6) is 0 Å². The largest absolute Gasteiger partial charge is 0.309 e. The highest BCUT2D eigenvalue weighted by molar-refractivity contribution is 6.11. The number of aromatic nitrogens is 5. The van der Waals surface area contributed by atoms with E-state index >= 15 is 0 Å². The van der Waals surface area contributed by atoms with Gasteiger partial charge < -0.3 is 9.88 Å². The van der Waals surface area contributed by atoms with Crippen molar-refractivity contribution >= 4 is 17.4 Å². The van der Waals surface area contributed by atoms with Gasteiger partial charge in [0.2, 0.25) is 0 Å². The summed E-state index contributed by atoms with van der Waals surface area (Å²) < 4.78 is 2.06. The van der Waals surface area contributed by atoms with Crippen molar-refractivity contribution in [3.63, 3.8) is 0 Å². The number of carbonyl (C=O) groups is 1. The summed E-state index contributed by atoms with van der Waals surface area (Å²) in [4.78, 5) is 26.8. The van der Waals surface area contributed by atoms with Crippen LogP contribution in [0.15, 0.2) is 66.1 Å². The van der Waals surface area contributed by atoms with E-state index in [1.165, 1.54) is 12.8 Å². The molecule has 0 saturated heterocycles. The lowest BCUT2D eigenvalue weighted by atomic mass is 10.1. The average molecular weight is 438 g/mol. The van der Waals surface area contributed by atoms with Crippen LogP contribution in [0.4, 0.5) is 0 Å². The SMILES string of the molecule is O=C(NC1=NC(c2nncn2C2CC2)=CCC=C1)c1cccc(-c2ccc(C3CC3)nc2)n1. The van der Waals surface area contributed by atoms with Crippen LogP contribution >= 0.6 is 0 Å². The molecule has 0 aromatic carbocycles. The first-order chi connectivity index (χ1) is 16.2. The molecule has 0 atom stereocenters. The molecule has 8 nitrogen and oxygen atoms in total. The molecule has 0 bridgehead atoms. The first-order valence-electron chi connectivity index (χ1n) is 11.3. The second-order valence-corrected chi connectivity index (χ2v) is 8.63. The number of hydrogen-bond donors (Lipinski definition) is 1. The number of pyridine rings is 2. The summed E-state index contributed by atoms with van der Waals surface area (Å²) in [5.41, 5.74) is 3.78. The van der Waals surface area contributed by atoms with Gasteiger partial charge in [0.15, 0.2) is 5.82 Å². The second-order valence-electron chi connectivity index (χ2n) is 8.63. The van der Waals surface area contributed by atoms with E-state index in [0.717, 1.165) is 29.9 Å². The van der Waals surface area contributed by atoms with Crippen molar-refractivity contribution in [2.75, 3.05) is 0 Å². The highest BCUT2D eigenvalue weighted by atomic mass is 16.1. The Morgan fingerprint density at radius 1 is 1.09 bits per heavy atom. The molecular weight excluding hydrogens is 414 g/mol. The lowest BCUT2D eigenvalue weighted by Crippen LogP contribution is -2.30. The molecule has 4 heterocycles. The number of allylic oxidation sites excluding steroid dienone is 2. The maximum absolute atomic E-state index is 13.0. The van der Waals surface area contributed by atoms with Crippen molar-refractivity contribution in [2.45, 2.75) is 44.1 Å². The Balaban J connectivity index is 1.21. The predicted octanol–water partition coefficient (Wildman–Crippen LogP) is 4.08. The van der Waals surface area contributed by atoms with Crippen molar-refractivity contribution in [3.05, 3.63) is 78.3 Å². The van der Waals surface area contributed by atoms with E-state index in [2.05, 4.69) is 41.1 Å². The zero-order chi connectivity index (χ0) is 22.2. The van der Waals surface area contributed by atoms with Crippen LogP contribution in [0.3, 0.4) is 0 Å². The summed E-state index contributed by atoms with van der Waals surface area (Å²) in [5.74, 6) is 1.48. The monoisotopic (exact) mass is 437 g/mol. The van der Waals surface area contributed by atoms with Crippen LogP contribution in [0.1, 0.15) is 66.1 Å². The lowest BCUT2D eigenvalue weighted by molar-refractivity contribution is 0.0972. The van der Waals surface area contributed by atoms with E-state index in [-0.39, 0.29) is 5.91 Å². The van der Waals surface area contributed by atoms with Gasteiger partial charge in [0, 0.05) is 29.4 Å². The summed E-state index contributed by atoms with van der Waals surface area (Å²) in [6.45, 7) is 0. The van der Waals surface area contributed by atoms with Gasteiger partial charge in [-0.05, 0) is 62.4 Å². The van der Waals surface area contributed by atoms with Gasteiger partial charge in [-0.1, -0.05) is 18.2 Å². The van der Waals surface area contributed by atoms with E-state index in [0.29, 0.717) is 41.3 Å². The number of hydrogen-bond acceptors (Lipinski definition) is 6. The van der Waals surface area contributed by atoms with Crippen molar-refractivity contribution in [1.29, 1.82) is 0 Å². The highest BCUT2D eigenvalue weighted by Gasteiger charge is 2.27. The molecule has 2 aliphatic carbocycles. The lowest BCUT2D eigenvalue weighted by Gasteiger charge is -2.08. The molecule has 1 amide bonds. The molecule has 1 N–H and O–H groups in total. The third kappa shape index (κ3) is 4.24.